The van der Waals surface area contributed by atoms with Gasteiger partial charge in [0.05, 0.1) is 32.2 Å². The van der Waals surface area contributed by atoms with Crippen molar-refractivity contribution in [3.8, 4) is 0 Å². The van der Waals surface area contributed by atoms with Gasteiger partial charge in [0, 0.05) is 10.2 Å². The van der Waals surface area contributed by atoms with Crippen molar-refractivity contribution in [2.75, 3.05) is 37.6 Å². The molecule has 0 radical (unpaired) electrons. The number of quaternary nitrogens is 1. The van der Waals surface area contributed by atoms with Gasteiger partial charge in [-0.05, 0) is 42.8 Å². The maximum Gasteiger partial charge on any atom is 0.275 e. The van der Waals surface area contributed by atoms with E-state index in [0.717, 1.165) is 41.9 Å². The normalized spacial score (nSPS) is 16.3. The van der Waals surface area contributed by atoms with E-state index in [0.29, 0.717) is 6.54 Å². The van der Waals surface area contributed by atoms with Crippen molar-refractivity contribution in [2.24, 2.45) is 0 Å². The molecule has 1 amide bonds. The zero-order chi connectivity index (χ0) is 18.5. The summed E-state index contributed by atoms with van der Waals surface area (Å²) < 4.78 is 14.0. The van der Waals surface area contributed by atoms with Crippen molar-refractivity contribution in [1.29, 1.82) is 0 Å². The van der Waals surface area contributed by atoms with Crippen molar-refractivity contribution >= 4 is 27.5 Å². The first-order valence-corrected chi connectivity index (χ1v) is 9.70. The minimum Gasteiger partial charge on any atom is -0.360 e. The molecule has 1 aliphatic heterocycles. The summed E-state index contributed by atoms with van der Waals surface area (Å²) in [6.45, 7) is 6.01. The number of hydrogen-bond acceptors (Lipinski definition) is 2. The van der Waals surface area contributed by atoms with Crippen molar-refractivity contribution in [1.82, 2.24) is 5.32 Å². The van der Waals surface area contributed by atoms with Gasteiger partial charge in [-0.15, -0.1) is 0 Å². The standard InChI is InChI=1S/C20H23BrFN3O/c1-15(18-4-2-3-5-19(18)21)23-20(26)14-24-10-12-25(13-11-24)17-8-6-16(22)7-9-17/h2-9,15H,10-14H2,1H3,(H,23,26)/p+1/t15-/m0/s1. The van der Waals surface area contributed by atoms with Crippen LogP contribution in [0.2, 0.25) is 0 Å². The molecule has 0 aromatic heterocycles. The highest BCUT2D eigenvalue weighted by atomic mass is 79.9. The molecule has 1 heterocycles. The molecule has 0 saturated carbocycles. The molecule has 2 aromatic rings. The minimum absolute atomic E-state index is 0.0296. The van der Waals surface area contributed by atoms with Crippen molar-refractivity contribution in [3.05, 3.63) is 64.4 Å². The van der Waals surface area contributed by atoms with Gasteiger partial charge >= 0.3 is 0 Å². The maximum atomic E-state index is 13.0. The van der Waals surface area contributed by atoms with Crippen LogP contribution in [0.3, 0.4) is 0 Å². The summed E-state index contributed by atoms with van der Waals surface area (Å²) in [6, 6.07) is 14.5. The number of amides is 1. The Balaban J connectivity index is 1.47. The Labute approximate surface area is 162 Å². The van der Waals surface area contributed by atoms with Crippen LogP contribution in [0.1, 0.15) is 18.5 Å². The van der Waals surface area contributed by atoms with Crippen LogP contribution in [-0.2, 0) is 4.79 Å². The first kappa shape index (κ1) is 18.9. The highest BCUT2D eigenvalue weighted by Gasteiger charge is 2.23. The predicted octanol–water partition coefficient (Wildman–Crippen LogP) is 2.17. The van der Waals surface area contributed by atoms with Crippen molar-refractivity contribution in [3.63, 3.8) is 0 Å². The monoisotopic (exact) mass is 420 g/mol. The van der Waals surface area contributed by atoms with Crippen LogP contribution in [0, 0.1) is 5.82 Å². The van der Waals surface area contributed by atoms with E-state index in [1.165, 1.54) is 17.0 Å². The molecule has 138 valence electrons. The summed E-state index contributed by atoms with van der Waals surface area (Å²) in [6.07, 6.45) is 0. The smallest absolute Gasteiger partial charge is 0.275 e. The molecular weight excluding hydrogens is 397 g/mol. The van der Waals surface area contributed by atoms with Crippen LogP contribution in [0.5, 0.6) is 0 Å². The number of nitrogens with one attached hydrogen (secondary N) is 2. The van der Waals surface area contributed by atoms with E-state index < -0.39 is 0 Å². The third-order valence-corrected chi connectivity index (χ3v) is 5.54. The molecule has 6 heteroatoms. The number of carbonyl (C=O) groups is 1. The Kier molecular flexibility index (Phi) is 6.27. The van der Waals surface area contributed by atoms with E-state index >= 15 is 0 Å². The fraction of sp³-hybridized carbons (Fsp3) is 0.350. The van der Waals surface area contributed by atoms with Crippen LogP contribution in [-0.4, -0.2) is 38.6 Å². The van der Waals surface area contributed by atoms with E-state index in [1.54, 1.807) is 0 Å². The number of halogens is 2. The second-order valence-electron chi connectivity index (χ2n) is 6.70. The number of benzene rings is 2. The zero-order valence-corrected chi connectivity index (χ0v) is 16.4. The van der Waals surface area contributed by atoms with E-state index in [1.807, 2.05) is 43.3 Å². The lowest BCUT2D eigenvalue weighted by molar-refractivity contribution is -0.892. The molecule has 1 aliphatic rings. The molecule has 0 unspecified atom stereocenters. The molecule has 2 N–H and O–H groups in total. The Hall–Kier alpha value is -1.92. The highest BCUT2D eigenvalue weighted by molar-refractivity contribution is 9.10. The number of piperazine rings is 1. The summed E-state index contributed by atoms with van der Waals surface area (Å²) in [5, 5.41) is 3.09. The molecular formula is C20H24BrFN3O+. The molecule has 3 rings (SSSR count). The SMILES string of the molecule is C[C@H](NC(=O)C[NH+]1CCN(c2ccc(F)cc2)CC1)c1ccccc1Br. The Morgan fingerprint density at radius 2 is 1.85 bits per heavy atom. The lowest BCUT2D eigenvalue weighted by Gasteiger charge is -2.33. The van der Waals surface area contributed by atoms with Crippen LogP contribution >= 0.6 is 15.9 Å². The topological polar surface area (TPSA) is 36.8 Å². The van der Waals surface area contributed by atoms with E-state index in [-0.39, 0.29) is 17.8 Å². The highest BCUT2D eigenvalue weighted by Crippen LogP contribution is 2.22. The van der Waals surface area contributed by atoms with Gasteiger partial charge in [-0.3, -0.25) is 4.79 Å². The second-order valence-corrected chi connectivity index (χ2v) is 7.56. The molecule has 0 aliphatic carbocycles. The predicted molar refractivity (Wildman–Crippen MR) is 105 cm³/mol. The quantitative estimate of drug-likeness (QED) is 0.777. The van der Waals surface area contributed by atoms with Gasteiger partial charge < -0.3 is 15.1 Å². The molecule has 1 saturated heterocycles. The van der Waals surface area contributed by atoms with E-state index in [9.17, 15) is 9.18 Å². The molecule has 4 nitrogen and oxygen atoms in total. The van der Waals surface area contributed by atoms with Crippen LogP contribution in [0.25, 0.3) is 0 Å². The summed E-state index contributed by atoms with van der Waals surface area (Å²) in [7, 11) is 0. The summed E-state index contributed by atoms with van der Waals surface area (Å²) in [4.78, 5) is 15.9. The first-order chi connectivity index (χ1) is 12.5. The van der Waals surface area contributed by atoms with Crippen LogP contribution < -0.4 is 15.1 Å². The van der Waals surface area contributed by atoms with Crippen LogP contribution in [0.4, 0.5) is 10.1 Å². The van der Waals surface area contributed by atoms with Gasteiger partial charge in [-0.1, -0.05) is 34.1 Å². The van der Waals surface area contributed by atoms with Gasteiger partial charge in [0.1, 0.15) is 5.82 Å². The van der Waals surface area contributed by atoms with E-state index in [4.69, 9.17) is 0 Å². The van der Waals surface area contributed by atoms with Crippen molar-refractivity contribution < 1.29 is 14.1 Å². The average Bonchev–Trinajstić information content (AvgIpc) is 2.63. The van der Waals surface area contributed by atoms with Gasteiger partial charge in [0.15, 0.2) is 6.54 Å². The van der Waals surface area contributed by atoms with Crippen LogP contribution in [0.15, 0.2) is 53.0 Å². The number of rotatable bonds is 5. The lowest BCUT2D eigenvalue weighted by Crippen LogP contribution is -3.15. The van der Waals surface area contributed by atoms with Gasteiger partial charge in [0.25, 0.3) is 5.91 Å². The van der Waals surface area contributed by atoms with Gasteiger partial charge in [-0.25, -0.2) is 4.39 Å². The second kappa shape index (κ2) is 8.64. The average molecular weight is 421 g/mol. The fourth-order valence-electron chi connectivity index (χ4n) is 3.33. The van der Waals surface area contributed by atoms with E-state index in [2.05, 4.69) is 26.1 Å². The largest absolute Gasteiger partial charge is 0.360 e. The first-order valence-electron chi connectivity index (χ1n) is 8.91. The summed E-state index contributed by atoms with van der Waals surface area (Å²) >= 11 is 3.53. The number of hydrogen-bond donors (Lipinski definition) is 2. The molecule has 0 bridgehead atoms. The molecule has 0 spiro atoms. The third kappa shape index (κ3) is 4.83. The van der Waals surface area contributed by atoms with Gasteiger partial charge in [-0.2, -0.15) is 0 Å². The number of carbonyl (C=O) groups excluding carboxylic acids is 1. The Bertz CT molecular complexity index is 745. The maximum absolute atomic E-state index is 13.0. The number of nitrogens with zero attached hydrogens (tertiary/aromatic N) is 1. The van der Waals surface area contributed by atoms with Gasteiger partial charge in [0.2, 0.25) is 0 Å². The minimum atomic E-state index is -0.214. The third-order valence-electron chi connectivity index (χ3n) is 4.82. The van der Waals surface area contributed by atoms with Crippen molar-refractivity contribution in [2.45, 2.75) is 13.0 Å². The molecule has 2 aromatic carbocycles. The zero-order valence-electron chi connectivity index (χ0n) is 14.8. The summed E-state index contributed by atoms with van der Waals surface area (Å²) in [5.41, 5.74) is 2.12. The molecule has 26 heavy (non-hydrogen) atoms. The summed E-state index contributed by atoms with van der Waals surface area (Å²) in [5.74, 6) is -0.146. The Morgan fingerprint density at radius 1 is 1.19 bits per heavy atom. The molecule has 1 fully saturated rings. The molecule has 1 atom stereocenters. The Morgan fingerprint density at radius 3 is 2.50 bits per heavy atom. The number of anilines is 1. The fourth-order valence-corrected chi connectivity index (χ4v) is 3.96. The lowest BCUT2D eigenvalue weighted by atomic mass is 10.1.